The average Bonchev–Trinajstić information content (AvgIpc) is 3.36. The fourth-order valence-electron chi connectivity index (χ4n) is 4.17. The standard InChI is InChI=1S/C28H28N4O5/c1-35-16-13-29-26(33)20-9-11-22(12-10-20)30-28-31-24-4-2-3-23(25(24)37-28)19-5-7-21(8-6-19)27(34)32-14-17-36-18-15-32/h2-12H,13-18H2,1H3,(H,29,33)(H,30,31). The Morgan fingerprint density at radius 2 is 1.70 bits per heavy atom. The topological polar surface area (TPSA) is 106 Å². The number of aromatic nitrogens is 1. The molecule has 5 rings (SSSR count). The number of benzene rings is 3. The molecule has 0 atom stereocenters. The highest BCUT2D eigenvalue weighted by molar-refractivity contribution is 5.96. The van der Waals surface area contributed by atoms with Crippen LogP contribution in [0.3, 0.4) is 0 Å². The summed E-state index contributed by atoms with van der Waals surface area (Å²) < 4.78 is 16.4. The SMILES string of the molecule is COCCNC(=O)c1ccc(Nc2nc3cccc(-c4ccc(C(=O)N5CCOCC5)cc4)c3o2)cc1. The number of oxazole rings is 1. The Kier molecular flexibility index (Phi) is 7.43. The molecule has 37 heavy (non-hydrogen) atoms. The number of amides is 2. The lowest BCUT2D eigenvalue weighted by Gasteiger charge is -2.26. The minimum atomic E-state index is -0.159. The summed E-state index contributed by atoms with van der Waals surface area (Å²) in [6, 6.07) is 20.7. The number of hydrogen-bond donors (Lipinski definition) is 2. The zero-order chi connectivity index (χ0) is 25.6. The predicted molar refractivity (Wildman–Crippen MR) is 140 cm³/mol. The Labute approximate surface area is 214 Å². The molecule has 4 aromatic rings. The molecular formula is C28H28N4O5. The Hall–Kier alpha value is -4.21. The second-order valence-electron chi connectivity index (χ2n) is 8.61. The molecular weight excluding hydrogens is 472 g/mol. The van der Waals surface area contributed by atoms with Crippen LogP contribution < -0.4 is 10.6 Å². The normalized spacial score (nSPS) is 13.5. The van der Waals surface area contributed by atoms with Gasteiger partial charge in [-0.25, -0.2) is 0 Å². The first kappa shape index (κ1) is 24.5. The van der Waals surface area contributed by atoms with E-state index in [1.165, 1.54) is 0 Å². The van der Waals surface area contributed by atoms with Crippen LogP contribution in [0, 0.1) is 0 Å². The summed E-state index contributed by atoms with van der Waals surface area (Å²) in [7, 11) is 1.59. The number of ether oxygens (including phenoxy) is 2. The second kappa shape index (κ2) is 11.2. The van der Waals surface area contributed by atoms with E-state index in [1.807, 2.05) is 47.4 Å². The Bertz CT molecular complexity index is 1380. The van der Waals surface area contributed by atoms with Gasteiger partial charge in [0.25, 0.3) is 17.8 Å². The van der Waals surface area contributed by atoms with Crippen LogP contribution in [0.4, 0.5) is 11.7 Å². The van der Waals surface area contributed by atoms with E-state index in [0.29, 0.717) is 67.7 Å². The summed E-state index contributed by atoms with van der Waals surface area (Å²) in [6.07, 6.45) is 0. The quantitative estimate of drug-likeness (QED) is 0.351. The summed E-state index contributed by atoms with van der Waals surface area (Å²) in [5.41, 5.74) is 5.11. The third-order valence-corrected chi connectivity index (χ3v) is 6.15. The minimum Gasteiger partial charge on any atom is -0.423 e. The first-order chi connectivity index (χ1) is 18.1. The highest BCUT2D eigenvalue weighted by Crippen LogP contribution is 2.32. The molecule has 2 N–H and O–H groups in total. The Morgan fingerprint density at radius 1 is 0.973 bits per heavy atom. The molecule has 1 saturated heterocycles. The molecule has 1 fully saturated rings. The van der Waals surface area contributed by atoms with Crippen molar-refractivity contribution in [3.8, 4) is 11.1 Å². The number of nitrogens with one attached hydrogen (secondary N) is 2. The van der Waals surface area contributed by atoms with Crippen LogP contribution in [-0.4, -0.2) is 68.3 Å². The second-order valence-corrected chi connectivity index (χ2v) is 8.61. The summed E-state index contributed by atoms with van der Waals surface area (Å²) in [5, 5.41) is 5.95. The van der Waals surface area contributed by atoms with Crippen molar-refractivity contribution < 1.29 is 23.5 Å². The van der Waals surface area contributed by atoms with Gasteiger partial charge in [0.15, 0.2) is 5.58 Å². The van der Waals surface area contributed by atoms with Crippen LogP contribution in [0.1, 0.15) is 20.7 Å². The van der Waals surface area contributed by atoms with E-state index in [4.69, 9.17) is 13.9 Å². The van der Waals surface area contributed by atoms with Crippen LogP contribution in [-0.2, 0) is 9.47 Å². The predicted octanol–water partition coefficient (Wildman–Crippen LogP) is 4.09. The summed E-state index contributed by atoms with van der Waals surface area (Å²) in [6.45, 7) is 3.27. The van der Waals surface area contributed by atoms with E-state index < -0.39 is 0 Å². The van der Waals surface area contributed by atoms with Gasteiger partial charge in [0, 0.05) is 49.1 Å². The summed E-state index contributed by atoms with van der Waals surface area (Å²) in [4.78, 5) is 31.3. The smallest absolute Gasteiger partial charge is 0.300 e. The molecule has 0 radical (unpaired) electrons. The maximum Gasteiger partial charge on any atom is 0.300 e. The molecule has 1 aliphatic rings. The van der Waals surface area contributed by atoms with Crippen LogP contribution in [0.2, 0.25) is 0 Å². The van der Waals surface area contributed by atoms with E-state index in [2.05, 4.69) is 15.6 Å². The van der Waals surface area contributed by atoms with Crippen molar-refractivity contribution in [1.29, 1.82) is 0 Å². The van der Waals surface area contributed by atoms with E-state index >= 15 is 0 Å². The number of methoxy groups -OCH3 is 1. The van der Waals surface area contributed by atoms with Crippen molar-refractivity contribution in [2.45, 2.75) is 0 Å². The minimum absolute atomic E-state index is 0.0117. The van der Waals surface area contributed by atoms with Gasteiger partial charge in [-0.15, -0.1) is 0 Å². The van der Waals surface area contributed by atoms with E-state index in [9.17, 15) is 9.59 Å². The molecule has 1 aliphatic heterocycles. The van der Waals surface area contributed by atoms with E-state index in [0.717, 1.165) is 16.8 Å². The van der Waals surface area contributed by atoms with Crippen molar-refractivity contribution in [3.05, 3.63) is 77.9 Å². The number of anilines is 2. The van der Waals surface area contributed by atoms with Gasteiger partial charge in [0.2, 0.25) is 0 Å². The third-order valence-electron chi connectivity index (χ3n) is 6.15. The lowest BCUT2D eigenvalue weighted by atomic mass is 10.0. The fraction of sp³-hybridized carbons (Fsp3) is 0.250. The number of fused-ring (bicyclic) bond motifs is 1. The van der Waals surface area contributed by atoms with Gasteiger partial charge in [-0.05, 0) is 48.0 Å². The molecule has 0 unspecified atom stereocenters. The van der Waals surface area contributed by atoms with Crippen molar-refractivity contribution in [1.82, 2.24) is 15.2 Å². The summed E-state index contributed by atoms with van der Waals surface area (Å²) in [5.74, 6) is -0.148. The van der Waals surface area contributed by atoms with Crippen molar-refractivity contribution in [2.75, 3.05) is 51.9 Å². The van der Waals surface area contributed by atoms with Crippen molar-refractivity contribution in [2.24, 2.45) is 0 Å². The Balaban J connectivity index is 1.30. The van der Waals surface area contributed by atoms with Crippen LogP contribution >= 0.6 is 0 Å². The number of rotatable bonds is 8. The molecule has 2 amide bonds. The van der Waals surface area contributed by atoms with Gasteiger partial charge < -0.3 is 29.4 Å². The molecule has 0 spiro atoms. The Morgan fingerprint density at radius 3 is 2.43 bits per heavy atom. The average molecular weight is 501 g/mol. The molecule has 0 saturated carbocycles. The lowest BCUT2D eigenvalue weighted by molar-refractivity contribution is 0.0303. The molecule has 9 heteroatoms. The molecule has 190 valence electrons. The number of para-hydroxylation sites is 1. The van der Waals surface area contributed by atoms with Crippen molar-refractivity contribution >= 4 is 34.6 Å². The van der Waals surface area contributed by atoms with Crippen LogP contribution in [0.25, 0.3) is 22.2 Å². The number of hydrogen-bond acceptors (Lipinski definition) is 7. The zero-order valence-corrected chi connectivity index (χ0v) is 20.5. The van der Waals surface area contributed by atoms with Gasteiger partial charge in [-0.3, -0.25) is 9.59 Å². The molecule has 1 aromatic heterocycles. The maximum atomic E-state index is 12.8. The van der Waals surface area contributed by atoms with Gasteiger partial charge in [-0.1, -0.05) is 24.3 Å². The van der Waals surface area contributed by atoms with Crippen molar-refractivity contribution in [3.63, 3.8) is 0 Å². The number of carbonyl (C=O) groups excluding carboxylic acids is 2. The van der Waals surface area contributed by atoms with Gasteiger partial charge >= 0.3 is 0 Å². The molecule has 2 heterocycles. The lowest BCUT2D eigenvalue weighted by Crippen LogP contribution is -2.40. The van der Waals surface area contributed by atoms with Gasteiger partial charge in [0.05, 0.1) is 19.8 Å². The molecule has 3 aromatic carbocycles. The van der Waals surface area contributed by atoms with Crippen LogP contribution in [0.5, 0.6) is 0 Å². The first-order valence-corrected chi connectivity index (χ1v) is 12.1. The highest BCUT2D eigenvalue weighted by Gasteiger charge is 2.19. The third kappa shape index (κ3) is 5.63. The van der Waals surface area contributed by atoms with Gasteiger partial charge in [-0.2, -0.15) is 4.98 Å². The van der Waals surface area contributed by atoms with E-state index in [-0.39, 0.29) is 11.8 Å². The largest absolute Gasteiger partial charge is 0.423 e. The maximum absolute atomic E-state index is 12.8. The summed E-state index contributed by atoms with van der Waals surface area (Å²) >= 11 is 0. The number of nitrogens with zero attached hydrogens (tertiary/aromatic N) is 2. The number of morpholine rings is 1. The monoisotopic (exact) mass is 500 g/mol. The number of carbonyl (C=O) groups is 2. The first-order valence-electron chi connectivity index (χ1n) is 12.1. The molecule has 0 aliphatic carbocycles. The van der Waals surface area contributed by atoms with Gasteiger partial charge in [0.1, 0.15) is 5.52 Å². The molecule has 0 bridgehead atoms. The highest BCUT2D eigenvalue weighted by atomic mass is 16.5. The van der Waals surface area contributed by atoms with E-state index in [1.54, 1.807) is 31.4 Å². The molecule has 9 nitrogen and oxygen atoms in total. The fourth-order valence-corrected chi connectivity index (χ4v) is 4.17. The van der Waals surface area contributed by atoms with Crippen LogP contribution in [0.15, 0.2) is 71.1 Å². The zero-order valence-electron chi connectivity index (χ0n) is 20.5.